The third-order valence-corrected chi connectivity index (χ3v) is 5.51. The quantitative estimate of drug-likeness (QED) is 0.671. The van der Waals surface area contributed by atoms with Crippen molar-refractivity contribution >= 4 is 5.91 Å². The highest BCUT2D eigenvalue weighted by Crippen LogP contribution is 2.32. The Labute approximate surface area is 174 Å². The average Bonchev–Trinajstić information content (AvgIpc) is 3.24. The van der Waals surface area contributed by atoms with E-state index in [0.717, 1.165) is 44.6 Å². The fraction of sp³-hybridized carbons (Fsp3) is 0.458. The summed E-state index contributed by atoms with van der Waals surface area (Å²) >= 11 is 0. The normalized spacial score (nSPS) is 16.4. The van der Waals surface area contributed by atoms with Crippen molar-refractivity contribution in [2.24, 2.45) is 5.73 Å². The maximum absolute atomic E-state index is 13.1. The minimum Gasteiger partial charge on any atom is -0.494 e. The maximum atomic E-state index is 13.1. The van der Waals surface area contributed by atoms with E-state index in [-0.39, 0.29) is 11.9 Å². The molecular formula is C24H33N3O2. The monoisotopic (exact) mass is 395 g/mol. The maximum Gasteiger partial charge on any atom is 0.237 e. The number of nitrogens with two attached hydrogens (primary N) is 1. The van der Waals surface area contributed by atoms with Crippen LogP contribution >= 0.6 is 0 Å². The lowest BCUT2D eigenvalue weighted by molar-refractivity contribution is -0.133. The van der Waals surface area contributed by atoms with Gasteiger partial charge in [0.05, 0.1) is 19.2 Å². The Morgan fingerprint density at radius 2 is 1.90 bits per heavy atom. The summed E-state index contributed by atoms with van der Waals surface area (Å²) in [4.78, 5) is 17.3. The van der Waals surface area contributed by atoms with Gasteiger partial charge in [-0.2, -0.15) is 0 Å². The number of hydrogen-bond donors (Lipinski definition) is 1. The molecule has 5 heteroatoms. The van der Waals surface area contributed by atoms with Crippen molar-refractivity contribution in [3.05, 3.63) is 65.7 Å². The van der Waals surface area contributed by atoms with Crippen LogP contribution in [-0.4, -0.2) is 55.0 Å². The molecule has 2 N–H and O–H groups in total. The lowest BCUT2D eigenvalue weighted by atomic mass is 10.0. The number of ether oxygens (including phenoxy) is 1. The van der Waals surface area contributed by atoms with Crippen molar-refractivity contribution in [2.75, 3.05) is 39.3 Å². The van der Waals surface area contributed by atoms with Crippen LogP contribution in [0.4, 0.5) is 0 Å². The standard InChI is InChI=1S/C24H33N3O2/c1-2-29-22-12-10-21(11-13-22)23-9-6-16-27(23)24(28)19-26(18-15-25)17-14-20-7-4-3-5-8-20/h3-5,7-8,10-13,23H,2,6,9,14-19,25H2,1H3. The fourth-order valence-corrected chi connectivity index (χ4v) is 4.03. The predicted octanol–water partition coefficient (Wildman–Crippen LogP) is 3.25. The number of hydrogen-bond acceptors (Lipinski definition) is 4. The molecule has 156 valence electrons. The van der Waals surface area contributed by atoms with Crippen LogP contribution in [0.3, 0.4) is 0 Å². The van der Waals surface area contributed by atoms with Gasteiger partial charge in [0.15, 0.2) is 0 Å². The molecule has 0 aliphatic carbocycles. The molecule has 2 aromatic rings. The SMILES string of the molecule is CCOc1ccc(C2CCCN2C(=O)CN(CCN)CCc2ccccc2)cc1. The van der Waals surface area contributed by atoms with E-state index in [1.54, 1.807) is 0 Å². The van der Waals surface area contributed by atoms with Gasteiger partial charge in [-0.1, -0.05) is 42.5 Å². The molecule has 5 nitrogen and oxygen atoms in total. The van der Waals surface area contributed by atoms with E-state index in [4.69, 9.17) is 10.5 Å². The minimum absolute atomic E-state index is 0.159. The molecule has 1 aliphatic rings. The molecular weight excluding hydrogens is 362 g/mol. The van der Waals surface area contributed by atoms with Gasteiger partial charge in [-0.15, -0.1) is 0 Å². The highest BCUT2D eigenvalue weighted by Gasteiger charge is 2.30. The first-order chi connectivity index (χ1) is 14.2. The number of carbonyl (C=O) groups is 1. The summed E-state index contributed by atoms with van der Waals surface area (Å²) in [5.41, 5.74) is 8.28. The van der Waals surface area contributed by atoms with E-state index < -0.39 is 0 Å². The zero-order chi connectivity index (χ0) is 20.5. The van der Waals surface area contributed by atoms with Gasteiger partial charge < -0.3 is 15.4 Å². The first-order valence-electron chi connectivity index (χ1n) is 10.7. The summed E-state index contributed by atoms with van der Waals surface area (Å²) in [5.74, 6) is 1.07. The largest absolute Gasteiger partial charge is 0.494 e. The Morgan fingerprint density at radius 1 is 1.14 bits per heavy atom. The van der Waals surface area contributed by atoms with Crippen LogP contribution in [0.2, 0.25) is 0 Å². The summed E-state index contributed by atoms with van der Waals surface area (Å²) in [6.07, 6.45) is 2.99. The van der Waals surface area contributed by atoms with E-state index in [0.29, 0.717) is 19.7 Å². The van der Waals surface area contributed by atoms with Gasteiger partial charge in [0, 0.05) is 26.2 Å². The molecule has 0 radical (unpaired) electrons. The van der Waals surface area contributed by atoms with Crippen LogP contribution in [-0.2, 0) is 11.2 Å². The Hall–Kier alpha value is -2.37. The van der Waals surface area contributed by atoms with Gasteiger partial charge >= 0.3 is 0 Å². The minimum atomic E-state index is 0.159. The molecule has 1 saturated heterocycles. The lowest BCUT2D eigenvalue weighted by Gasteiger charge is -2.29. The van der Waals surface area contributed by atoms with Crippen LogP contribution < -0.4 is 10.5 Å². The first-order valence-corrected chi connectivity index (χ1v) is 10.7. The molecule has 1 atom stereocenters. The zero-order valence-electron chi connectivity index (χ0n) is 17.4. The molecule has 29 heavy (non-hydrogen) atoms. The Bertz CT molecular complexity index is 748. The summed E-state index contributed by atoms with van der Waals surface area (Å²) in [5, 5.41) is 0. The molecule has 1 fully saturated rings. The third kappa shape index (κ3) is 6.05. The lowest BCUT2D eigenvalue weighted by Crippen LogP contribution is -2.42. The van der Waals surface area contributed by atoms with Crippen molar-refractivity contribution in [3.8, 4) is 5.75 Å². The molecule has 2 aromatic carbocycles. The zero-order valence-corrected chi connectivity index (χ0v) is 17.4. The van der Waals surface area contributed by atoms with Crippen LogP contribution in [0.1, 0.15) is 36.9 Å². The molecule has 0 bridgehead atoms. The molecule has 1 aliphatic heterocycles. The second kappa shape index (κ2) is 11.0. The van der Waals surface area contributed by atoms with E-state index in [2.05, 4.69) is 41.3 Å². The molecule has 0 saturated carbocycles. The molecule has 1 amide bonds. The van der Waals surface area contributed by atoms with Gasteiger partial charge in [0.2, 0.25) is 5.91 Å². The number of carbonyl (C=O) groups excluding carboxylic acids is 1. The second-order valence-corrected chi connectivity index (χ2v) is 7.55. The van der Waals surface area contributed by atoms with Crippen LogP contribution in [0.25, 0.3) is 0 Å². The topological polar surface area (TPSA) is 58.8 Å². The Kier molecular flexibility index (Phi) is 8.08. The number of amides is 1. The van der Waals surface area contributed by atoms with Crippen molar-refractivity contribution in [1.29, 1.82) is 0 Å². The fourth-order valence-electron chi connectivity index (χ4n) is 4.03. The van der Waals surface area contributed by atoms with Crippen molar-refractivity contribution in [1.82, 2.24) is 9.80 Å². The van der Waals surface area contributed by atoms with E-state index in [1.165, 1.54) is 11.1 Å². The molecule has 3 rings (SSSR count). The van der Waals surface area contributed by atoms with Crippen molar-refractivity contribution in [2.45, 2.75) is 32.2 Å². The predicted molar refractivity (Wildman–Crippen MR) is 117 cm³/mol. The Balaban J connectivity index is 1.60. The Morgan fingerprint density at radius 3 is 2.59 bits per heavy atom. The molecule has 0 spiro atoms. The number of rotatable bonds is 10. The van der Waals surface area contributed by atoms with Crippen molar-refractivity contribution in [3.63, 3.8) is 0 Å². The number of benzene rings is 2. The number of likely N-dealkylation sites (tertiary alicyclic amines) is 1. The smallest absolute Gasteiger partial charge is 0.237 e. The first kappa shape index (κ1) is 21.3. The van der Waals surface area contributed by atoms with Gasteiger partial charge in [0.1, 0.15) is 5.75 Å². The summed E-state index contributed by atoms with van der Waals surface area (Å²) in [6, 6.07) is 18.7. The van der Waals surface area contributed by atoms with E-state index in [1.807, 2.05) is 30.0 Å². The summed E-state index contributed by atoms with van der Waals surface area (Å²) in [6.45, 7) is 6.03. The summed E-state index contributed by atoms with van der Waals surface area (Å²) in [7, 11) is 0. The van der Waals surface area contributed by atoms with Crippen molar-refractivity contribution < 1.29 is 9.53 Å². The highest BCUT2D eigenvalue weighted by atomic mass is 16.5. The third-order valence-electron chi connectivity index (χ3n) is 5.51. The second-order valence-electron chi connectivity index (χ2n) is 7.55. The average molecular weight is 396 g/mol. The number of nitrogens with zero attached hydrogens (tertiary/aromatic N) is 2. The molecule has 1 heterocycles. The van der Waals surface area contributed by atoms with Crippen LogP contribution in [0.15, 0.2) is 54.6 Å². The van der Waals surface area contributed by atoms with Gasteiger partial charge in [-0.05, 0) is 49.4 Å². The highest BCUT2D eigenvalue weighted by molar-refractivity contribution is 5.79. The van der Waals surface area contributed by atoms with Crippen LogP contribution in [0.5, 0.6) is 5.75 Å². The molecule has 0 aromatic heterocycles. The van der Waals surface area contributed by atoms with Crippen LogP contribution in [0, 0.1) is 0 Å². The van der Waals surface area contributed by atoms with E-state index >= 15 is 0 Å². The van der Waals surface area contributed by atoms with E-state index in [9.17, 15) is 4.79 Å². The van der Waals surface area contributed by atoms with Gasteiger partial charge in [0.25, 0.3) is 0 Å². The summed E-state index contributed by atoms with van der Waals surface area (Å²) < 4.78 is 5.54. The molecule has 1 unspecified atom stereocenters. The van der Waals surface area contributed by atoms with Gasteiger partial charge in [-0.25, -0.2) is 0 Å². The van der Waals surface area contributed by atoms with Gasteiger partial charge in [-0.3, -0.25) is 9.69 Å².